The number of fused-ring (bicyclic) bond motifs is 3. The van der Waals surface area contributed by atoms with E-state index in [0.717, 1.165) is 29.5 Å². The topological polar surface area (TPSA) is 59.6 Å². The van der Waals surface area contributed by atoms with E-state index in [-0.39, 0.29) is 11.6 Å². The molecule has 0 amide bonds. The fraction of sp³-hybridized carbons (Fsp3) is 0.462. The Balaban J connectivity index is 1.31. The highest BCUT2D eigenvalue weighted by Gasteiger charge is 2.56. The maximum atomic E-state index is 13.0. The summed E-state index contributed by atoms with van der Waals surface area (Å²) in [4.78, 5) is 17.5. The number of hydrogen-bond acceptors (Lipinski definition) is 4. The number of aryl methyl sites for hydroxylation is 2. The third-order valence-corrected chi connectivity index (χ3v) is 8.67. The van der Waals surface area contributed by atoms with E-state index in [4.69, 9.17) is 28.3 Å². The minimum absolute atomic E-state index is 0.0724. The van der Waals surface area contributed by atoms with E-state index in [1.165, 1.54) is 6.42 Å². The van der Waals surface area contributed by atoms with Crippen molar-refractivity contribution >= 4 is 39.8 Å². The lowest BCUT2D eigenvalue weighted by atomic mass is 9.45. The summed E-state index contributed by atoms with van der Waals surface area (Å²) in [5.74, 6) is 2.04. The van der Waals surface area contributed by atoms with Gasteiger partial charge >= 0.3 is 0 Å². The lowest BCUT2D eigenvalue weighted by molar-refractivity contribution is -0.109. The zero-order valence-corrected chi connectivity index (χ0v) is 20.6. The van der Waals surface area contributed by atoms with Crippen LogP contribution in [0.5, 0.6) is 0 Å². The van der Waals surface area contributed by atoms with E-state index < -0.39 is 0 Å². The molecule has 4 atom stereocenters. The predicted molar refractivity (Wildman–Crippen MR) is 134 cm³/mol. The summed E-state index contributed by atoms with van der Waals surface area (Å²) in [6, 6.07) is 11.2. The highest BCUT2D eigenvalue weighted by molar-refractivity contribution is 6.35. The molecule has 5 nitrogen and oxygen atoms in total. The van der Waals surface area contributed by atoms with Crippen molar-refractivity contribution in [3.63, 3.8) is 0 Å². The minimum atomic E-state index is -0.0724. The number of hydrogen-bond donors (Lipinski definition) is 0. The van der Waals surface area contributed by atoms with E-state index in [1.807, 2.05) is 18.2 Å². The van der Waals surface area contributed by atoms with Crippen LogP contribution < -0.4 is 5.56 Å². The van der Waals surface area contributed by atoms with Crippen molar-refractivity contribution in [3.05, 3.63) is 68.7 Å². The molecule has 0 aliphatic heterocycles. The molecular formula is C26H28Cl2N4O. The Bertz CT molecular complexity index is 1300. The molecule has 3 aliphatic rings. The Kier molecular flexibility index (Phi) is 5.82. The molecule has 33 heavy (non-hydrogen) atoms. The summed E-state index contributed by atoms with van der Waals surface area (Å²) in [7, 11) is 0. The van der Waals surface area contributed by atoms with E-state index in [1.54, 1.807) is 29.1 Å². The monoisotopic (exact) mass is 482 g/mol. The van der Waals surface area contributed by atoms with Gasteiger partial charge in [-0.3, -0.25) is 9.36 Å². The second-order valence-electron chi connectivity index (χ2n) is 10.2. The van der Waals surface area contributed by atoms with Gasteiger partial charge in [0.05, 0.1) is 29.0 Å². The first-order valence-electron chi connectivity index (χ1n) is 11.6. The summed E-state index contributed by atoms with van der Waals surface area (Å²) in [5.41, 5.74) is 2.69. The molecule has 0 spiro atoms. The van der Waals surface area contributed by atoms with Crippen molar-refractivity contribution in [1.82, 2.24) is 9.55 Å². The molecule has 0 N–H and O–H groups in total. The first kappa shape index (κ1) is 22.5. The Morgan fingerprint density at radius 3 is 2.70 bits per heavy atom. The summed E-state index contributed by atoms with van der Waals surface area (Å²) >= 11 is 12.2. The van der Waals surface area contributed by atoms with Gasteiger partial charge in [0, 0.05) is 16.6 Å². The predicted octanol–water partition coefficient (Wildman–Crippen LogP) is 7.10. The van der Waals surface area contributed by atoms with Gasteiger partial charge in [-0.25, -0.2) is 4.98 Å². The number of benzene rings is 2. The van der Waals surface area contributed by atoms with E-state index in [0.29, 0.717) is 45.2 Å². The quantitative estimate of drug-likeness (QED) is 0.364. The molecule has 1 aromatic heterocycles. The number of rotatable bonds is 5. The van der Waals surface area contributed by atoms with E-state index >= 15 is 0 Å². The Morgan fingerprint density at radius 1 is 1.15 bits per heavy atom. The molecular weight excluding hydrogens is 455 g/mol. The normalized spacial score (nSPS) is 26.0. The Hall–Kier alpha value is -2.24. The highest BCUT2D eigenvalue weighted by atomic mass is 35.5. The van der Waals surface area contributed by atoms with Gasteiger partial charge < -0.3 is 0 Å². The van der Waals surface area contributed by atoms with Gasteiger partial charge in [0.1, 0.15) is 0 Å². The van der Waals surface area contributed by atoms with Crippen LogP contribution in [0.3, 0.4) is 0 Å². The second kappa shape index (κ2) is 8.52. The smallest absolute Gasteiger partial charge is 0.261 e. The maximum Gasteiger partial charge on any atom is 0.261 e. The average molecular weight is 483 g/mol. The summed E-state index contributed by atoms with van der Waals surface area (Å²) < 4.78 is 1.62. The maximum absolute atomic E-state index is 13.0. The third kappa shape index (κ3) is 4.10. The molecule has 3 saturated carbocycles. The van der Waals surface area contributed by atoms with Crippen LogP contribution in [0.15, 0.2) is 57.7 Å². The number of azo groups is 1. The first-order valence-corrected chi connectivity index (χ1v) is 12.3. The third-order valence-electron chi connectivity index (χ3n) is 8.08. The molecule has 2 unspecified atom stereocenters. The van der Waals surface area contributed by atoms with Crippen LogP contribution in [0, 0.1) is 23.2 Å². The molecule has 0 saturated heterocycles. The summed E-state index contributed by atoms with van der Waals surface area (Å²) in [6.07, 6.45) is 4.65. The van der Waals surface area contributed by atoms with Gasteiger partial charge in [-0.05, 0) is 78.3 Å². The van der Waals surface area contributed by atoms with Crippen LogP contribution in [-0.4, -0.2) is 15.6 Å². The van der Waals surface area contributed by atoms with Crippen molar-refractivity contribution in [2.75, 3.05) is 0 Å². The largest absolute Gasteiger partial charge is 0.298 e. The molecule has 3 fully saturated rings. The fourth-order valence-electron chi connectivity index (χ4n) is 5.75. The summed E-state index contributed by atoms with van der Waals surface area (Å²) in [6.45, 7) is 7.58. The van der Waals surface area contributed by atoms with Crippen LogP contribution in [0.4, 0.5) is 5.69 Å². The zero-order chi connectivity index (χ0) is 23.3. The number of halogens is 2. The van der Waals surface area contributed by atoms with Gasteiger partial charge in [0.25, 0.3) is 5.56 Å². The van der Waals surface area contributed by atoms with Crippen LogP contribution in [-0.2, 0) is 13.0 Å². The molecule has 2 aromatic carbocycles. The van der Waals surface area contributed by atoms with Crippen molar-refractivity contribution in [2.45, 2.75) is 52.6 Å². The fourth-order valence-corrected chi connectivity index (χ4v) is 6.25. The SMILES string of the molecule is C[C@@H]1C(N=Nc2ccc3c(=O)n(CCc4ccc(Cl)cc4Cl)cnc3c2)CC2C[C@@H]1C2(C)C. The van der Waals surface area contributed by atoms with Crippen molar-refractivity contribution < 1.29 is 0 Å². The molecule has 2 bridgehead atoms. The molecule has 3 aromatic rings. The van der Waals surface area contributed by atoms with Gasteiger partial charge in [-0.1, -0.05) is 50.0 Å². The second-order valence-corrected chi connectivity index (χ2v) is 11.0. The lowest BCUT2D eigenvalue weighted by Gasteiger charge is -2.61. The highest BCUT2D eigenvalue weighted by Crippen LogP contribution is 2.61. The number of nitrogens with zero attached hydrogens (tertiary/aromatic N) is 4. The zero-order valence-electron chi connectivity index (χ0n) is 19.1. The molecule has 3 aliphatic carbocycles. The molecule has 0 radical (unpaired) electrons. The van der Waals surface area contributed by atoms with Gasteiger partial charge in [-0.15, -0.1) is 0 Å². The van der Waals surface area contributed by atoms with Crippen molar-refractivity contribution in [3.8, 4) is 0 Å². The Morgan fingerprint density at radius 2 is 1.97 bits per heavy atom. The minimum Gasteiger partial charge on any atom is -0.298 e. The molecule has 1 heterocycles. The molecule has 172 valence electrons. The standard InChI is InChI=1S/C26H28Cl2N4O/c1-15-21-10-17(26(21,2)3)11-23(15)31-30-19-6-7-20-24(13-19)29-14-32(25(20)33)9-8-16-4-5-18(27)12-22(16)28/h4-7,12-15,17,21,23H,8-11H2,1-3H3/t15-,17?,21-,23?/m0/s1. The van der Waals surface area contributed by atoms with Crippen LogP contribution in [0.2, 0.25) is 10.0 Å². The van der Waals surface area contributed by atoms with E-state index in [9.17, 15) is 4.79 Å². The first-order chi connectivity index (χ1) is 15.7. The lowest BCUT2D eigenvalue weighted by Crippen LogP contribution is -2.56. The van der Waals surface area contributed by atoms with Gasteiger partial charge in [0.2, 0.25) is 0 Å². The van der Waals surface area contributed by atoms with Crippen molar-refractivity contribution in [2.24, 2.45) is 33.4 Å². The van der Waals surface area contributed by atoms with Crippen LogP contribution in [0.25, 0.3) is 10.9 Å². The number of aromatic nitrogens is 2. The van der Waals surface area contributed by atoms with E-state index in [2.05, 4.69) is 30.9 Å². The van der Waals surface area contributed by atoms with Crippen molar-refractivity contribution in [1.29, 1.82) is 0 Å². The average Bonchev–Trinajstić information content (AvgIpc) is 2.78. The van der Waals surface area contributed by atoms with Gasteiger partial charge in [0.15, 0.2) is 0 Å². The van der Waals surface area contributed by atoms with Crippen LogP contribution >= 0.6 is 23.2 Å². The van der Waals surface area contributed by atoms with Gasteiger partial charge in [-0.2, -0.15) is 10.2 Å². The summed E-state index contributed by atoms with van der Waals surface area (Å²) in [5, 5.41) is 11.0. The molecule has 7 heteroatoms. The van der Waals surface area contributed by atoms with Crippen LogP contribution in [0.1, 0.15) is 39.2 Å². The molecule has 6 rings (SSSR count). The Labute approximate surface area is 203 Å².